The second-order valence-electron chi connectivity index (χ2n) is 2.58. The minimum absolute atomic E-state index is 0.115. The molecule has 70 valence electrons. The molecule has 12 heavy (non-hydrogen) atoms. The van der Waals surface area contributed by atoms with E-state index in [-0.39, 0.29) is 5.78 Å². The third-order valence-electron chi connectivity index (χ3n) is 1.56. The summed E-state index contributed by atoms with van der Waals surface area (Å²) in [6.07, 6.45) is 2.85. The number of carbonyl (C=O) groups is 1. The highest BCUT2D eigenvalue weighted by Crippen LogP contribution is 1.95. The molecule has 0 fully saturated rings. The van der Waals surface area contributed by atoms with Crippen molar-refractivity contribution in [2.45, 2.75) is 26.2 Å². The molecule has 1 N–H and O–H groups in total. The van der Waals surface area contributed by atoms with Gasteiger partial charge in [-0.1, -0.05) is 36.1 Å². The van der Waals surface area contributed by atoms with Gasteiger partial charge in [-0.3, -0.25) is 4.79 Å². The number of ketones is 1. The van der Waals surface area contributed by atoms with E-state index in [0.29, 0.717) is 12.1 Å². The normalized spacial score (nSPS) is 9.50. The Morgan fingerprint density at radius 1 is 1.50 bits per heavy atom. The van der Waals surface area contributed by atoms with Gasteiger partial charge in [0.05, 0.1) is 5.70 Å². The third-order valence-corrected chi connectivity index (χ3v) is 2.32. The molecule has 0 aromatic carbocycles. The van der Waals surface area contributed by atoms with E-state index in [1.54, 1.807) is 0 Å². The number of hydrogen-bond acceptors (Lipinski definition) is 2. The molecule has 0 aliphatic rings. The lowest BCUT2D eigenvalue weighted by Crippen LogP contribution is -2.20. The Balaban J connectivity index is 3.38. The molecule has 0 radical (unpaired) electrons. The van der Waals surface area contributed by atoms with Crippen molar-refractivity contribution in [3.63, 3.8) is 0 Å². The fraction of sp³-hybridized carbons (Fsp3) is 0.667. The molecule has 0 aromatic rings. The van der Waals surface area contributed by atoms with E-state index in [1.807, 2.05) is 6.92 Å². The van der Waals surface area contributed by atoms with Crippen molar-refractivity contribution < 1.29 is 4.79 Å². The summed E-state index contributed by atoms with van der Waals surface area (Å²) < 4.78 is 1.17. The van der Waals surface area contributed by atoms with Crippen LogP contribution in [0.15, 0.2) is 12.3 Å². The summed E-state index contributed by atoms with van der Waals surface area (Å²) in [5.74, 6) is 0.115. The zero-order valence-corrected chi connectivity index (χ0v) is 9.69. The molecule has 0 heterocycles. The lowest BCUT2D eigenvalue weighted by molar-refractivity contribution is -0.115. The van der Waals surface area contributed by atoms with Gasteiger partial charge in [-0.2, -0.15) is 0 Å². The van der Waals surface area contributed by atoms with Crippen molar-refractivity contribution in [3.05, 3.63) is 12.3 Å². The van der Waals surface area contributed by atoms with Gasteiger partial charge in [-0.05, 0) is 17.3 Å². The largest absolute Gasteiger partial charge is 0.383 e. The number of halogens is 1. The van der Waals surface area contributed by atoms with Gasteiger partial charge in [-0.25, -0.2) is 0 Å². The van der Waals surface area contributed by atoms with Crippen LogP contribution < -0.4 is 5.32 Å². The number of hydrogen-bond donors (Lipinski definition) is 1. The van der Waals surface area contributed by atoms with Crippen molar-refractivity contribution in [2.24, 2.45) is 0 Å². The summed E-state index contributed by atoms with van der Waals surface area (Å²) in [7, 11) is 0. The second-order valence-corrected chi connectivity index (χ2v) is 3.66. The van der Waals surface area contributed by atoms with Gasteiger partial charge in [0.25, 0.3) is 0 Å². The van der Waals surface area contributed by atoms with Crippen LogP contribution in [0.1, 0.15) is 26.2 Å². The standard InChI is InChI=1S/C9H16INO/c1-3-9(12)8(2)11-7-5-4-6-10/h11H,2-7H2,1H3. The summed E-state index contributed by atoms with van der Waals surface area (Å²) in [5.41, 5.74) is 0.561. The Morgan fingerprint density at radius 3 is 2.67 bits per heavy atom. The van der Waals surface area contributed by atoms with E-state index >= 15 is 0 Å². The van der Waals surface area contributed by atoms with Crippen LogP contribution in [0.4, 0.5) is 0 Å². The number of Topliss-reactive ketones (excluding diaryl/α,β-unsaturated/α-hetero) is 1. The molecule has 0 aromatic heterocycles. The maximum absolute atomic E-state index is 11.0. The zero-order valence-electron chi connectivity index (χ0n) is 7.53. The Bertz CT molecular complexity index is 157. The fourth-order valence-corrected chi connectivity index (χ4v) is 1.31. The molecule has 0 aliphatic carbocycles. The van der Waals surface area contributed by atoms with E-state index < -0.39 is 0 Å². The maximum Gasteiger partial charge on any atom is 0.177 e. The SMILES string of the molecule is C=C(NCCCCI)C(=O)CC. The van der Waals surface area contributed by atoms with Crippen LogP contribution in [0.5, 0.6) is 0 Å². The first-order chi connectivity index (χ1) is 5.72. The molecular formula is C9H16INO. The lowest BCUT2D eigenvalue weighted by atomic mass is 10.2. The number of nitrogens with one attached hydrogen (secondary N) is 1. The second kappa shape index (κ2) is 7.58. The van der Waals surface area contributed by atoms with Crippen LogP contribution in [-0.2, 0) is 4.79 Å². The maximum atomic E-state index is 11.0. The van der Waals surface area contributed by atoms with Crippen LogP contribution in [0, 0.1) is 0 Å². The summed E-state index contributed by atoms with van der Waals surface area (Å²) in [4.78, 5) is 11.0. The lowest BCUT2D eigenvalue weighted by Gasteiger charge is -2.05. The first-order valence-corrected chi connectivity index (χ1v) is 5.76. The van der Waals surface area contributed by atoms with Crippen molar-refractivity contribution in [1.82, 2.24) is 5.32 Å². The highest BCUT2D eigenvalue weighted by molar-refractivity contribution is 14.1. The Labute approximate surface area is 87.9 Å². The van der Waals surface area contributed by atoms with Crippen molar-refractivity contribution in [2.75, 3.05) is 11.0 Å². The van der Waals surface area contributed by atoms with Crippen LogP contribution in [-0.4, -0.2) is 16.8 Å². The van der Waals surface area contributed by atoms with E-state index in [1.165, 1.54) is 10.8 Å². The van der Waals surface area contributed by atoms with Gasteiger partial charge in [0.2, 0.25) is 0 Å². The van der Waals surface area contributed by atoms with Crippen molar-refractivity contribution >= 4 is 28.4 Å². The van der Waals surface area contributed by atoms with Gasteiger partial charge < -0.3 is 5.32 Å². The highest BCUT2D eigenvalue weighted by atomic mass is 127. The van der Waals surface area contributed by atoms with Crippen molar-refractivity contribution in [1.29, 1.82) is 0 Å². The van der Waals surface area contributed by atoms with Gasteiger partial charge in [0.1, 0.15) is 0 Å². The predicted molar refractivity (Wildman–Crippen MR) is 60.6 cm³/mol. The molecule has 0 amide bonds. The summed E-state index contributed by atoms with van der Waals surface area (Å²) in [6.45, 7) is 6.38. The van der Waals surface area contributed by atoms with Crippen LogP contribution in [0.2, 0.25) is 0 Å². The van der Waals surface area contributed by atoms with Crippen LogP contribution >= 0.6 is 22.6 Å². The smallest absolute Gasteiger partial charge is 0.177 e. The first-order valence-electron chi connectivity index (χ1n) is 4.24. The number of unbranched alkanes of at least 4 members (excludes halogenated alkanes) is 1. The summed E-state index contributed by atoms with van der Waals surface area (Å²) in [5, 5.41) is 3.02. The van der Waals surface area contributed by atoms with Gasteiger partial charge in [-0.15, -0.1) is 0 Å². The molecule has 2 nitrogen and oxygen atoms in total. The molecule has 0 saturated heterocycles. The number of allylic oxidation sites excluding steroid dienone is 1. The quantitative estimate of drug-likeness (QED) is 0.336. The fourth-order valence-electron chi connectivity index (χ4n) is 0.771. The molecule has 0 aliphatic heterocycles. The molecule has 0 spiro atoms. The van der Waals surface area contributed by atoms with Gasteiger partial charge in [0.15, 0.2) is 5.78 Å². The highest BCUT2D eigenvalue weighted by Gasteiger charge is 2.01. The molecule has 0 unspecified atom stereocenters. The average molecular weight is 281 g/mol. The monoisotopic (exact) mass is 281 g/mol. The Kier molecular flexibility index (Phi) is 7.54. The number of rotatable bonds is 7. The Hall–Kier alpha value is -0.0600. The average Bonchev–Trinajstić information content (AvgIpc) is 2.10. The molecule has 0 atom stereocenters. The van der Waals surface area contributed by atoms with Crippen LogP contribution in [0.25, 0.3) is 0 Å². The predicted octanol–water partition coefficient (Wildman–Crippen LogP) is 2.28. The molecule has 0 saturated carbocycles. The topological polar surface area (TPSA) is 29.1 Å². The molecule has 3 heteroatoms. The van der Waals surface area contributed by atoms with Crippen LogP contribution in [0.3, 0.4) is 0 Å². The summed E-state index contributed by atoms with van der Waals surface area (Å²) in [6, 6.07) is 0. The third kappa shape index (κ3) is 5.57. The summed E-state index contributed by atoms with van der Waals surface area (Å²) >= 11 is 2.35. The van der Waals surface area contributed by atoms with Gasteiger partial charge in [0, 0.05) is 13.0 Å². The van der Waals surface area contributed by atoms with E-state index in [9.17, 15) is 4.79 Å². The molecular weight excluding hydrogens is 265 g/mol. The number of alkyl halides is 1. The van der Waals surface area contributed by atoms with Gasteiger partial charge >= 0.3 is 0 Å². The minimum atomic E-state index is 0.115. The van der Waals surface area contributed by atoms with Crippen molar-refractivity contribution in [3.8, 4) is 0 Å². The molecule has 0 bridgehead atoms. The molecule has 0 rings (SSSR count). The van der Waals surface area contributed by atoms with E-state index in [2.05, 4.69) is 34.5 Å². The zero-order chi connectivity index (χ0) is 9.40. The van der Waals surface area contributed by atoms with E-state index in [4.69, 9.17) is 0 Å². The Morgan fingerprint density at radius 2 is 2.17 bits per heavy atom. The number of carbonyl (C=O) groups excluding carboxylic acids is 1. The minimum Gasteiger partial charge on any atom is -0.383 e. The first kappa shape index (κ1) is 11.9. The van der Waals surface area contributed by atoms with E-state index in [0.717, 1.165) is 13.0 Å².